The van der Waals surface area contributed by atoms with Gasteiger partial charge in [0.15, 0.2) is 0 Å². The maximum absolute atomic E-state index is 12.0. The van der Waals surface area contributed by atoms with Gasteiger partial charge in [-0.15, -0.1) is 0 Å². The molecule has 1 saturated heterocycles. The van der Waals surface area contributed by atoms with Crippen molar-refractivity contribution in [2.75, 3.05) is 27.3 Å². The van der Waals surface area contributed by atoms with Crippen molar-refractivity contribution in [2.24, 2.45) is 0 Å². The van der Waals surface area contributed by atoms with Crippen LogP contribution in [0.25, 0.3) is 0 Å². The quantitative estimate of drug-likeness (QED) is 0.685. The molecule has 2 rings (SSSR count). The van der Waals surface area contributed by atoms with Gasteiger partial charge >= 0.3 is 0 Å². The third-order valence-corrected chi connectivity index (χ3v) is 2.95. The highest BCUT2D eigenvalue weighted by molar-refractivity contribution is 6.34. The molecule has 1 aromatic rings. The Morgan fingerprint density at radius 2 is 2.12 bits per heavy atom. The van der Waals surface area contributed by atoms with Crippen molar-refractivity contribution in [1.82, 2.24) is 4.90 Å². The van der Waals surface area contributed by atoms with Crippen molar-refractivity contribution in [3.05, 3.63) is 23.8 Å². The Bertz CT molecular complexity index is 430. The van der Waals surface area contributed by atoms with Crippen LogP contribution < -0.4 is 10.2 Å². The number of benzene rings is 1. The molecule has 0 bridgehead atoms. The summed E-state index contributed by atoms with van der Waals surface area (Å²) in [5.74, 6) is 0.510. The Hall–Kier alpha value is -1.49. The SMILES string of the molecule is [B]c1ccc(C(=O)N2CC(OC)C2)cc1OC. The van der Waals surface area contributed by atoms with E-state index in [-0.39, 0.29) is 12.0 Å². The molecule has 0 atom stereocenters. The molecule has 0 saturated carbocycles. The fraction of sp³-hybridized carbons (Fsp3) is 0.417. The Labute approximate surface area is 102 Å². The van der Waals surface area contributed by atoms with Gasteiger partial charge < -0.3 is 14.4 Å². The molecule has 1 aliphatic rings. The Morgan fingerprint density at radius 1 is 1.41 bits per heavy atom. The summed E-state index contributed by atoms with van der Waals surface area (Å²) in [6, 6.07) is 5.05. The second-order valence-electron chi connectivity index (χ2n) is 4.02. The van der Waals surface area contributed by atoms with E-state index in [0.717, 1.165) is 0 Å². The van der Waals surface area contributed by atoms with Crippen molar-refractivity contribution in [3.63, 3.8) is 0 Å². The lowest BCUT2D eigenvalue weighted by Crippen LogP contribution is -2.54. The number of methoxy groups -OCH3 is 2. The number of nitrogens with zero attached hydrogens (tertiary/aromatic N) is 1. The van der Waals surface area contributed by atoms with Crippen LogP contribution in [0.1, 0.15) is 10.4 Å². The summed E-state index contributed by atoms with van der Waals surface area (Å²) in [7, 11) is 8.88. The Morgan fingerprint density at radius 3 is 2.71 bits per heavy atom. The summed E-state index contributed by atoms with van der Waals surface area (Å²) in [6.07, 6.45) is 0.162. The Balaban J connectivity index is 2.10. The second-order valence-corrected chi connectivity index (χ2v) is 4.02. The standard InChI is InChI=1S/C12H14BNO3/c1-16-9-6-14(7-9)12(15)8-3-4-10(13)11(5-8)17-2/h3-5,9H,6-7H2,1-2H3. The largest absolute Gasteiger partial charge is 0.497 e. The maximum atomic E-state index is 12.0. The van der Waals surface area contributed by atoms with Gasteiger partial charge in [0, 0.05) is 25.8 Å². The minimum absolute atomic E-state index is 0.0170. The summed E-state index contributed by atoms with van der Waals surface area (Å²) in [5, 5.41) is 0. The number of amides is 1. The zero-order valence-corrected chi connectivity index (χ0v) is 9.97. The number of ether oxygens (including phenoxy) is 2. The van der Waals surface area contributed by atoms with E-state index >= 15 is 0 Å². The molecule has 1 heterocycles. The number of hydrogen-bond donors (Lipinski definition) is 0. The van der Waals surface area contributed by atoms with E-state index in [9.17, 15) is 4.79 Å². The molecular formula is C12H14BNO3. The first-order chi connectivity index (χ1) is 8.15. The summed E-state index contributed by atoms with van der Waals surface area (Å²) in [5.41, 5.74) is 1.12. The fourth-order valence-electron chi connectivity index (χ4n) is 1.78. The van der Waals surface area contributed by atoms with Crippen LogP contribution in [0.4, 0.5) is 0 Å². The highest BCUT2D eigenvalue weighted by Crippen LogP contribution is 2.17. The van der Waals surface area contributed by atoms with Crippen LogP contribution in [-0.2, 0) is 4.74 Å². The molecule has 0 spiro atoms. The van der Waals surface area contributed by atoms with Crippen molar-refractivity contribution in [2.45, 2.75) is 6.10 Å². The molecule has 1 aliphatic heterocycles. The predicted molar refractivity (Wildman–Crippen MR) is 65.1 cm³/mol. The van der Waals surface area contributed by atoms with Gasteiger partial charge in [-0.05, 0) is 12.1 Å². The lowest BCUT2D eigenvalue weighted by molar-refractivity contribution is -0.0192. The average Bonchev–Trinajstić information content (AvgIpc) is 2.28. The van der Waals surface area contributed by atoms with Gasteiger partial charge in [0.1, 0.15) is 13.6 Å². The topological polar surface area (TPSA) is 38.8 Å². The third-order valence-electron chi connectivity index (χ3n) is 2.95. The minimum atomic E-state index is -0.0170. The molecule has 0 N–H and O–H groups in total. The minimum Gasteiger partial charge on any atom is -0.497 e. The molecule has 17 heavy (non-hydrogen) atoms. The summed E-state index contributed by atoms with van der Waals surface area (Å²) in [6.45, 7) is 1.28. The van der Waals surface area contributed by atoms with Gasteiger partial charge in [0.2, 0.25) is 0 Å². The van der Waals surface area contributed by atoms with Gasteiger partial charge in [0.05, 0.1) is 13.2 Å². The van der Waals surface area contributed by atoms with E-state index < -0.39 is 0 Å². The van der Waals surface area contributed by atoms with Gasteiger partial charge in [-0.2, -0.15) is 0 Å². The fourth-order valence-corrected chi connectivity index (χ4v) is 1.78. The molecule has 1 aromatic carbocycles. The van der Waals surface area contributed by atoms with Crippen molar-refractivity contribution in [3.8, 4) is 5.75 Å². The zero-order valence-electron chi connectivity index (χ0n) is 9.97. The third kappa shape index (κ3) is 2.29. The molecule has 88 valence electrons. The van der Waals surface area contributed by atoms with Gasteiger partial charge in [-0.3, -0.25) is 4.79 Å². The molecule has 1 amide bonds. The average molecular weight is 231 g/mol. The number of hydrogen-bond acceptors (Lipinski definition) is 3. The number of carbonyl (C=O) groups excluding carboxylic acids is 1. The molecule has 1 fully saturated rings. The first-order valence-electron chi connectivity index (χ1n) is 5.41. The van der Waals surface area contributed by atoms with E-state index in [1.807, 2.05) is 0 Å². The van der Waals surface area contributed by atoms with Crippen molar-refractivity contribution in [1.29, 1.82) is 0 Å². The van der Waals surface area contributed by atoms with Gasteiger partial charge in [-0.1, -0.05) is 11.5 Å². The monoisotopic (exact) mass is 231 g/mol. The summed E-state index contributed by atoms with van der Waals surface area (Å²) < 4.78 is 10.2. The summed E-state index contributed by atoms with van der Waals surface area (Å²) >= 11 is 0. The van der Waals surface area contributed by atoms with E-state index in [1.54, 1.807) is 30.2 Å². The van der Waals surface area contributed by atoms with Crippen LogP contribution >= 0.6 is 0 Å². The molecule has 0 aromatic heterocycles. The zero-order chi connectivity index (χ0) is 12.4. The lowest BCUT2D eigenvalue weighted by Gasteiger charge is -2.38. The second kappa shape index (κ2) is 4.79. The van der Waals surface area contributed by atoms with E-state index in [1.165, 1.54) is 7.11 Å². The Kier molecular flexibility index (Phi) is 3.38. The van der Waals surface area contributed by atoms with Crippen LogP contribution in [0.5, 0.6) is 5.75 Å². The highest BCUT2D eigenvalue weighted by Gasteiger charge is 2.31. The first kappa shape index (κ1) is 12.0. The number of likely N-dealkylation sites (tertiary alicyclic amines) is 1. The number of rotatable bonds is 3. The molecule has 4 nitrogen and oxygen atoms in total. The van der Waals surface area contributed by atoms with E-state index in [2.05, 4.69) is 0 Å². The molecule has 0 unspecified atom stereocenters. The van der Waals surface area contributed by atoms with Crippen LogP contribution in [0.15, 0.2) is 18.2 Å². The van der Waals surface area contributed by atoms with Crippen LogP contribution in [0, 0.1) is 0 Å². The first-order valence-corrected chi connectivity index (χ1v) is 5.41. The smallest absolute Gasteiger partial charge is 0.254 e. The number of carbonyl (C=O) groups is 1. The predicted octanol–water partition coefficient (Wildman–Crippen LogP) is -0.0402. The van der Waals surface area contributed by atoms with Crippen LogP contribution in [-0.4, -0.2) is 52.1 Å². The van der Waals surface area contributed by atoms with Crippen LogP contribution in [0.3, 0.4) is 0 Å². The normalized spacial score (nSPS) is 15.5. The highest BCUT2D eigenvalue weighted by atomic mass is 16.5. The molecule has 5 heteroatoms. The molecule has 0 aliphatic carbocycles. The van der Waals surface area contributed by atoms with Crippen LogP contribution in [0.2, 0.25) is 0 Å². The molecular weight excluding hydrogens is 217 g/mol. The van der Waals surface area contributed by atoms with Gasteiger partial charge in [-0.25, -0.2) is 0 Å². The maximum Gasteiger partial charge on any atom is 0.254 e. The van der Waals surface area contributed by atoms with Crippen molar-refractivity contribution >= 4 is 19.2 Å². The molecule has 2 radical (unpaired) electrons. The lowest BCUT2D eigenvalue weighted by atomic mass is 9.93. The van der Waals surface area contributed by atoms with E-state index in [4.69, 9.17) is 17.3 Å². The van der Waals surface area contributed by atoms with Gasteiger partial charge in [0.25, 0.3) is 5.91 Å². The summed E-state index contributed by atoms with van der Waals surface area (Å²) in [4.78, 5) is 13.8. The van der Waals surface area contributed by atoms with E-state index in [0.29, 0.717) is 29.9 Å². The van der Waals surface area contributed by atoms with Crippen molar-refractivity contribution < 1.29 is 14.3 Å².